The maximum atomic E-state index is 12.7. The number of benzene rings is 3. The summed E-state index contributed by atoms with van der Waals surface area (Å²) in [5.74, 6) is 0.218. The van der Waals surface area contributed by atoms with E-state index in [0.717, 1.165) is 21.5 Å². The molecule has 0 aliphatic carbocycles. The average molecular weight is 641 g/mol. The predicted molar refractivity (Wildman–Crippen MR) is 118 cm³/mol. The van der Waals surface area contributed by atoms with Crippen LogP contribution in [0, 0.1) is 10.7 Å². The number of hydrogen-bond acceptors (Lipinski definition) is 3. The molecule has 0 saturated carbocycles. The number of halogens is 3. The fraction of sp³-hybridized carbons (Fsp3) is 0. The van der Waals surface area contributed by atoms with Crippen molar-refractivity contribution in [2.75, 3.05) is 5.73 Å². The van der Waals surface area contributed by atoms with Gasteiger partial charge in [-0.15, -0.1) is 0 Å². The molecule has 0 saturated heterocycles. The van der Waals surface area contributed by atoms with Crippen LogP contribution in [-0.4, -0.2) is 5.97 Å². The van der Waals surface area contributed by atoms with Gasteiger partial charge in [-0.25, -0.2) is 4.79 Å². The van der Waals surface area contributed by atoms with Crippen LogP contribution >= 0.6 is 67.8 Å². The monoisotopic (exact) mass is 641 g/mol. The molecule has 0 atom stereocenters. The van der Waals surface area contributed by atoms with E-state index in [0.29, 0.717) is 17.0 Å². The second kappa shape index (κ2) is 7.09. The Kier molecular flexibility index (Phi) is 5.31. The van der Waals surface area contributed by atoms with E-state index in [4.69, 9.17) is 10.5 Å². The lowest BCUT2D eigenvalue weighted by molar-refractivity contribution is 0.0734. The van der Waals surface area contributed by atoms with Crippen LogP contribution in [-0.2, 0) is 0 Å². The largest absolute Gasteiger partial charge is 0.421 e. The van der Waals surface area contributed by atoms with Crippen molar-refractivity contribution in [2.24, 2.45) is 0 Å². The Morgan fingerprint density at radius 2 is 1.52 bits per heavy atom. The van der Waals surface area contributed by atoms with Crippen molar-refractivity contribution in [3.05, 3.63) is 64.8 Å². The molecule has 0 unspecified atom stereocenters. The first-order chi connectivity index (χ1) is 11.0. The first-order valence-electron chi connectivity index (χ1n) is 6.61. The molecule has 0 radical (unpaired) electrons. The Morgan fingerprint density at radius 1 is 0.913 bits per heavy atom. The van der Waals surface area contributed by atoms with E-state index in [2.05, 4.69) is 67.8 Å². The summed E-state index contributed by atoms with van der Waals surface area (Å²) in [5.41, 5.74) is 7.15. The van der Waals surface area contributed by atoms with E-state index in [1.54, 1.807) is 12.1 Å². The molecule has 0 bridgehead atoms. The Hall–Kier alpha value is -0.620. The summed E-state index contributed by atoms with van der Waals surface area (Å²) in [6, 6.07) is 15.0. The molecular weight excluding hydrogens is 631 g/mol. The molecule has 6 heteroatoms. The third-order valence-corrected chi connectivity index (χ3v) is 5.56. The van der Waals surface area contributed by atoms with Gasteiger partial charge in [-0.1, -0.05) is 24.3 Å². The summed E-state index contributed by atoms with van der Waals surface area (Å²) in [4.78, 5) is 12.7. The molecule has 0 heterocycles. The SMILES string of the molecule is Nc1ccc(C(=O)Oc2c(I)cc(I)cc2I)c2ccccc12. The van der Waals surface area contributed by atoms with Gasteiger partial charge < -0.3 is 10.5 Å². The van der Waals surface area contributed by atoms with Gasteiger partial charge in [0.25, 0.3) is 0 Å². The van der Waals surface area contributed by atoms with Crippen molar-refractivity contribution >= 4 is 90.2 Å². The van der Waals surface area contributed by atoms with Gasteiger partial charge in [0.2, 0.25) is 0 Å². The highest BCUT2D eigenvalue weighted by Gasteiger charge is 2.17. The van der Waals surface area contributed by atoms with Crippen molar-refractivity contribution in [1.29, 1.82) is 0 Å². The molecule has 3 aromatic rings. The molecule has 3 nitrogen and oxygen atoms in total. The van der Waals surface area contributed by atoms with Crippen molar-refractivity contribution in [3.63, 3.8) is 0 Å². The summed E-state index contributed by atoms with van der Waals surface area (Å²) in [5, 5.41) is 1.65. The summed E-state index contributed by atoms with van der Waals surface area (Å²) in [7, 11) is 0. The van der Waals surface area contributed by atoms with Crippen LogP contribution in [0.3, 0.4) is 0 Å². The number of esters is 1. The molecular formula is C17H10I3NO2. The Bertz CT molecular complexity index is 902. The fourth-order valence-electron chi connectivity index (χ4n) is 2.27. The zero-order valence-corrected chi connectivity index (χ0v) is 18.1. The van der Waals surface area contributed by atoms with E-state index in [-0.39, 0.29) is 5.97 Å². The minimum Gasteiger partial charge on any atom is -0.421 e. The number of fused-ring (bicyclic) bond motifs is 1. The summed E-state index contributed by atoms with van der Waals surface area (Å²) in [6.45, 7) is 0. The first-order valence-corrected chi connectivity index (χ1v) is 9.85. The van der Waals surface area contributed by atoms with Gasteiger partial charge in [0.1, 0.15) is 0 Å². The topological polar surface area (TPSA) is 52.3 Å². The Morgan fingerprint density at radius 3 is 2.17 bits per heavy atom. The number of hydrogen-bond donors (Lipinski definition) is 1. The maximum absolute atomic E-state index is 12.7. The highest BCUT2D eigenvalue weighted by atomic mass is 127. The lowest BCUT2D eigenvalue weighted by Gasteiger charge is -2.11. The van der Waals surface area contributed by atoms with Gasteiger partial charge >= 0.3 is 5.97 Å². The molecule has 0 aliphatic rings. The van der Waals surface area contributed by atoms with Crippen LogP contribution in [0.4, 0.5) is 5.69 Å². The Balaban J connectivity index is 2.04. The minimum absolute atomic E-state index is 0.377. The van der Waals surface area contributed by atoms with Crippen LogP contribution in [0.25, 0.3) is 10.8 Å². The Labute approximate surface area is 174 Å². The molecule has 0 aliphatic heterocycles. The third kappa shape index (κ3) is 3.58. The smallest absolute Gasteiger partial charge is 0.344 e. The van der Waals surface area contributed by atoms with Gasteiger partial charge in [-0.05, 0) is 97.4 Å². The van der Waals surface area contributed by atoms with Gasteiger partial charge in [-0.3, -0.25) is 0 Å². The number of rotatable bonds is 2. The summed E-state index contributed by atoms with van der Waals surface area (Å²) < 4.78 is 8.59. The number of carbonyl (C=O) groups excluding carboxylic acids is 1. The zero-order valence-electron chi connectivity index (χ0n) is 11.6. The second-order valence-electron chi connectivity index (χ2n) is 4.84. The zero-order chi connectivity index (χ0) is 16.6. The lowest BCUT2D eigenvalue weighted by Crippen LogP contribution is -2.11. The molecule has 3 aromatic carbocycles. The van der Waals surface area contributed by atoms with Crippen LogP contribution in [0.5, 0.6) is 5.75 Å². The van der Waals surface area contributed by atoms with Crippen LogP contribution in [0.1, 0.15) is 10.4 Å². The highest BCUT2D eigenvalue weighted by molar-refractivity contribution is 14.1. The van der Waals surface area contributed by atoms with E-state index in [1.807, 2.05) is 36.4 Å². The van der Waals surface area contributed by atoms with Gasteiger partial charge in [-0.2, -0.15) is 0 Å². The summed E-state index contributed by atoms with van der Waals surface area (Å²) in [6.07, 6.45) is 0. The van der Waals surface area contributed by atoms with Crippen LogP contribution < -0.4 is 10.5 Å². The van der Waals surface area contributed by atoms with Crippen LogP contribution in [0.2, 0.25) is 0 Å². The quantitative estimate of drug-likeness (QED) is 0.175. The minimum atomic E-state index is -0.377. The normalized spacial score (nSPS) is 10.7. The standard InChI is InChI=1S/C17H10I3NO2/c18-9-7-13(19)16(14(20)8-9)23-17(22)12-5-6-15(21)11-4-2-1-3-10(11)12/h1-8H,21H2. The van der Waals surface area contributed by atoms with E-state index in [9.17, 15) is 4.79 Å². The van der Waals surface area contributed by atoms with Crippen LogP contribution in [0.15, 0.2) is 48.5 Å². The number of nitrogens with two attached hydrogens (primary N) is 1. The lowest BCUT2D eigenvalue weighted by atomic mass is 10.0. The van der Waals surface area contributed by atoms with Crippen molar-refractivity contribution < 1.29 is 9.53 Å². The van der Waals surface area contributed by atoms with Gasteiger partial charge in [0.05, 0.1) is 12.7 Å². The first kappa shape index (κ1) is 17.2. The molecule has 3 rings (SSSR count). The molecule has 116 valence electrons. The molecule has 0 fully saturated rings. The maximum Gasteiger partial charge on any atom is 0.344 e. The summed E-state index contributed by atoms with van der Waals surface area (Å²) >= 11 is 6.61. The van der Waals surface area contributed by atoms with Crippen molar-refractivity contribution in [3.8, 4) is 5.75 Å². The molecule has 0 aromatic heterocycles. The predicted octanol–water partition coefficient (Wildman–Crippen LogP) is 5.46. The highest BCUT2D eigenvalue weighted by Crippen LogP contribution is 2.31. The van der Waals surface area contributed by atoms with E-state index in [1.165, 1.54) is 0 Å². The average Bonchev–Trinajstić information content (AvgIpc) is 2.51. The molecule has 23 heavy (non-hydrogen) atoms. The second-order valence-corrected chi connectivity index (χ2v) is 8.41. The molecule has 0 amide bonds. The van der Waals surface area contributed by atoms with Gasteiger partial charge in [0, 0.05) is 14.6 Å². The number of carbonyl (C=O) groups is 1. The van der Waals surface area contributed by atoms with E-state index < -0.39 is 0 Å². The third-order valence-electron chi connectivity index (χ3n) is 3.34. The fourth-order valence-corrected chi connectivity index (χ4v) is 6.08. The van der Waals surface area contributed by atoms with E-state index >= 15 is 0 Å². The number of nitrogen functional groups attached to an aromatic ring is 1. The van der Waals surface area contributed by atoms with Crippen molar-refractivity contribution in [2.45, 2.75) is 0 Å². The molecule has 0 spiro atoms. The van der Waals surface area contributed by atoms with Gasteiger partial charge in [0.15, 0.2) is 5.75 Å². The molecule has 2 N–H and O–H groups in total. The number of anilines is 1. The van der Waals surface area contributed by atoms with Crippen molar-refractivity contribution in [1.82, 2.24) is 0 Å². The number of ether oxygens (including phenoxy) is 1.